The van der Waals surface area contributed by atoms with Crippen molar-refractivity contribution in [3.05, 3.63) is 76.8 Å². The van der Waals surface area contributed by atoms with E-state index in [1.807, 2.05) is 48.5 Å². The third-order valence-corrected chi connectivity index (χ3v) is 9.40. The molecule has 0 aromatic heterocycles. The van der Waals surface area contributed by atoms with Gasteiger partial charge in [-0.15, -0.1) is 0 Å². The first-order valence-electron chi connectivity index (χ1n) is 12.3. The fourth-order valence-corrected chi connectivity index (χ4v) is 6.80. The van der Waals surface area contributed by atoms with Crippen LogP contribution in [0.2, 0.25) is 5.02 Å². The molecule has 0 bridgehead atoms. The Bertz CT molecular complexity index is 1340. The molecule has 0 unspecified atom stereocenters. The summed E-state index contributed by atoms with van der Waals surface area (Å²) in [6.45, 7) is 5.25. The standard InChI is InChI=1S/C28H32ClN3O3S/c1-30-13-11-21-19-27(35-2)28(20-22(21)12-14-30)36(33,34)24-9-7-23(8-10-24)31-15-17-32(18-16-31)26-6-4-3-5-25(26)29/h3-10,19-20H,11-18H2,1-2H3. The van der Waals surface area contributed by atoms with E-state index in [1.54, 1.807) is 12.1 Å². The van der Waals surface area contributed by atoms with Crippen LogP contribution in [0, 0.1) is 0 Å². The number of para-hydroxylation sites is 1. The lowest BCUT2D eigenvalue weighted by atomic mass is 10.0. The highest BCUT2D eigenvalue weighted by Crippen LogP contribution is 2.34. The van der Waals surface area contributed by atoms with Gasteiger partial charge >= 0.3 is 0 Å². The number of hydrogen-bond donors (Lipinski definition) is 0. The Labute approximate surface area is 219 Å². The molecule has 190 valence electrons. The van der Waals surface area contributed by atoms with E-state index < -0.39 is 9.84 Å². The molecule has 0 aliphatic carbocycles. The molecule has 0 saturated carbocycles. The number of sulfone groups is 1. The molecule has 0 amide bonds. The van der Waals surface area contributed by atoms with Crippen molar-refractivity contribution in [1.82, 2.24) is 4.90 Å². The molecule has 1 fully saturated rings. The molecule has 2 aliphatic heterocycles. The second-order valence-electron chi connectivity index (χ2n) is 9.50. The average molecular weight is 526 g/mol. The molecule has 3 aromatic rings. The van der Waals surface area contributed by atoms with E-state index in [0.29, 0.717) is 5.75 Å². The Kier molecular flexibility index (Phi) is 7.15. The number of nitrogens with zero attached hydrogens (tertiary/aromatic N) is 3. The predicted molar refractivity (Wildman–Crippen MR) is 146 cm³/mol. The van der Waals surface area contributed by atoms with E-state index in [9.17, 15) is 8.42 Å². The molecule has 0 radical (unpaired) electrons. The average Bonchev–Trinajstić information content (AvgIpc) is 3.09. The van der Waals surface area contributed by atoms with E-state index in [-0.39, 0.29) is 9.79 Å². The quantitative estimate of drug-likeness (QED) is 0.487. The van der Waals surface area contributed by atoms with Crippen LogP contribution in [0.25, 0.3) is 0 Å². The molecular formula is C28H32ClN3O3S. The van der Waals surface area contributed by atoms with Gasteiger partial charge in [-0.1, -0.05) is 23.7 Å². The minimum atomic E-state index is -3.72. The summed E-state index contributed by atoms with van der Waals surface area (Å²) >= 11 is 6.37. The summed E-state index contributed by atoms with van der Waals surface area (Å²) in [5, 5.41) is 0.765. The summed E-state index contributed by atoms with van der Waals surface area (Å²) in [4.78, 5) is 7.37. The van der Waals surface area contributed by atoms with Crippen LogP contribution < -0.4 is 14.5 Å². The summed E-state index contributed by atoms with van der Waals surface area (Å²) in [6, 6.07) is 18.9. The van der Waals surface area contributed by atoms with E-state index in [2.05, 4.69) is 21.7 Å². The van der Waals surface area contributed by atoms with Gasteiger partial charge in [0.05, 0.1) is 22.7 Å². The number of piperazine rings is 1. The third kappa shape index (κ3) is 4.92. The van der Waals surface area contributed by atoms with Gasteiger partial charge in [-0.2, -0.15) is 0 Å². The fraction of sp³-hybridized carbons (Fsp3) is 0.357. The van der Waals surface area contributed by atoms with Crippen LogP contribution in [-0.4, -0.2) is 66.7 Å². The maximum absolute atomic E-state index is 13.6. The molecule has 5 rings (SSSR count). The predicted octanol–water partition coefficient (Wildman–Crippen LogP) is 4.54. The summed E-state index contributed by atoms with van der Waals surface area (Å²) in [5.74, 6) is 0.415. The molecule has 8 heteroatoms. The number of likely N-dealkylation sites (N-methyl/N-ethyl adjacent to an activating group) is 1. The molecular weight excluding hydrogens is 494 g/mol. The van der Waals surface area contributed by atoms with Crippen LogP contribution in [0.5, 0.6) is 5.75 Å². The topological polar surface area (TPSA) is 53.1 Å². The number of rotatable bonds is 5. The van der Waals surface area contributed by atoms with E-state index >= 15 is 0 Å². The first-order valence-corrected chi connectivity index (χ1v) is 14.2. The van der Waals surface area contributed by atoms with Gasteiger partial charge < -0.3 is 19.4 Å². The third-order valence-electron chi connectivity index (χ3n) is 7.29. The number of halogens is 1. The van der Waals surface area contributed by atoms with Crippen molar-refractivity contribution in [1.29, 1.82) is 0 Å². The minimum absolute atomic E-state index is 0.245. The van der Waals surface area contributed by atoms with Gasteiger partial charge in [0.1, 0.15) is 10.6 Å². The number of benzene rings is 3. The molecule has 2 heterocycles. The summed E-state index contributed by atoms with van der Waals surface area (Å²) in [7, 11) is -0.0848. The molecule has 6 nitrogen and oxygen atoms in total. The SMILES string of the molecule is COc1cc2c(cc1S(=O)(=O)c1ccc(N3CCN(c4ccccc4Cl)CC3)cc1)CCN(C)CC2. The number of anilines is 2. The Hall–Kier alpha value is -2.74. The Morgan fingerprint density at radius 1 is 0.806 bits per heavy atom. The number of methoxy groups -OCH3 is 1. The van der Waals surface area contributed by atoms with E-state index in [0.717, 1.165) is 74.1 Å². The Morgan fingerprint density at radius 3 is 2.06 bits per heavy atom. The van der Waals surface area contributed by atoms with Crippen LogP contribution in [-0.2, 0) is 22.7 Å². The Balaban J connectivity index is 1.34. The van der Waals surface area contributed by atoms with Crippen molar-refractivity contribution in [2.75, 3.05) is 63.2 Å². The Morgan fingerprint density at radius 2 is 1.42 bits per heavy atom. The highest BCUT2D eigenvalue weighted by atomic mass is 35.5. The van der Waals surface area contributed by atoms with Crippen molar-refractivity contribution in [3.8, 4) is 5.75 Å². The largest absolute Gasteiger partial charge is 0.495 e. The molecule has 36 heavy (non-hydrogen) atoms. The van der Waals surface area contributed by atoms with Crippen molar-refractivity contribution >= 4 is 32.8 Å². The monoisotopic (exact) mass is 525 g/mol. The maximum Gasteiger partial charge on any atom is 0.210 e. The van der Waals surface area contributed by atoms with Crippen molar-refractivity contribution in [3.63, 3.8) is 0 Å². The van der Waals surface area contributed by atoms with Crippen LogP contribution in [0.15, 0.2) is 70.5 Å². The van der Waals surface area contributed by atoms with Gasteiger partial charge in [0.15, 0.2) is 0 Å². The molecule has 3 aromatic carbocycles. The van der Waals surface area contributed by atoms with Gasteiger partial charge in [0.25, 0.3) is 0 Å². The van der Waals surface area contributed by atoms with E-state index in [1.165, 1.54) is 12.7 Å². The zero-order chi connectivity index (χ0) is 25.3. The first kappa shape index (κ1) is 24.9. The number of ether oxygens (including phenoxy) is 1. The van der Waals surface area contributed by atoms with Crippen molar-refractivity contribution < 1.29 is 13.2 Å². The zero-order valence-corrected chi connectivity index (χ0v) is 22.4. The summed E-state index contributed by atoms with van der Waals surface area (Å²) in [6.07, 6.45) is 1.72. The van der Waals surface area contributed by atoms with E-state index in [4.69, 9.17) is 16.3 Å². The van der Waals surface area contributed by atoms with Gasteiger partial charge in [-0.3, -0.25) is 0 Å². The highest BCUT2D eigenvalue weighted by molar-refractivity contribution is 7.91. The second kappa shape index (κ2) is 10.3. The molecule has 2 aliphatic rings. The first-order chi connectivity index (χ1) is 17.4. The van der Waals surface area contributed by atoms with Gasteiger partial charge in [0.2, 0.25) is 9.84 Å². The lowest BCUT2D eigenvalue weighted by Crippen LogP contribution is -2.46. The van der Waals surface area contributed by atoms with Crippen molar-refractivity contribution in [2.45, 2.75) is 22.6 Å². The van der Waals surface area contributed by atoms with Gasteiger partial charge in [0, 0.05) is 45.0 Å². The van der Waals surface area contributed by atoms with Crippen LogP contribution in [0.3, 0.4) is 0 Å². The number of fused-ring (bicyclic) bond motifs is 1. The molecule has 0 atom stereocenters. The summed E-state index contributed by atoms with van der Waals surface area (Å²) in [5.41, 5.74) is 4.33. The molecule has 1 saturated heterocycles. The molecule has 0 N–H and O–H groups in total. The van der Waals surface area contributed by atoms with Crippen molar-refractivity contribution in [2.24, 2.45) is 0 Å². The number of hydrogen-bond acceptors (Lipinski definition) is 6. The van der Waals surface area contributed by atoms with Crippen LogP contribution in [0.1, 0.15) is 11.1 Å². The lowest BCUT2D eigenvalue weighted by Gasteiger charge is -2.37. The smallest absolute Gasteiger partial charge is 0.210 e. The normalized spacial score (nSPS) is 17.0. The second-order valence-corrected chi connectivity index (χ2v) is 11.8. The van der Waals surface area contributed by atoms with Gasteiger partial charge in [-0.25, -0.2) is 8.42 Å². The highest BCUT2D eigenvalue weighted by Gasteiger charge is 2.26. The van der Waals surface area contributed by atoms with Crippen LogP contribution >= 0.6 is 11.6 Å². The fourth-order valence-electron chi connectivity index (χ4n) is 5.09. The zero-order valence-electron chi connectivity index (χ0n) is 20.8. The van der Waals surface area contributed by atoms with Gasteiger partial charge in [-0.05, 0) is 79.5 Å². The maximum atomic E-state index is 13.6. The lowest BCUT2D eigenvalue weighted by molar-refractivity contribution is 0.352. The van der Waals surface area contributed by atoms with Crippen LogP contribution in [0.4, 0.5) is 11.4 Å². The summed E-state index contributed by atoms with van der Waals surface area (Å²) < 4.78 is 32.8. The minimum Gasteiger partial charge on any atom is -0.495 e. The molecule has 0 spiro atoms.